The van der Waals surface area contributed by atoms with E-state index in [4.69, 9.17) is 5.84 Å². The number of nitrogens with one attached hydrogen (secondary N) is 2. The van der Waals surface area contributed by atoms with E-state index < -0.39 is 16.7 Å². The Bertz CT molecular complexity index is 832. The summed E-state index contributed by atoms with van der Waals surface area (Å²) in [6, 6.07) is 12.0. The summed E-state index contributed by atoms with van der Waals surface area (Å²) in [4.78, 5) is 34.3. The normalized spacial score (nSPS) is 10.9. The van der Waals surface area contributed by atoms with Crippen molar-refractivity contribution in [3.8, 4) is 0 Å². The van der Waals surface area contributed by atoms with Gasteiger partial charge in [-0.3, -0.25) is 25.1 Å². The van der Waals surface area contributed by atoms with Crippen molar-refractivity contribution in [1.82, 2.24) is 10.7 Å². The Balaban J connectivity index is 2.26. The van der Waals surface area contributed by atoms with Crippen molar-refractivity contribution in [2.75, 3.05) is 0 Å². The van der Waals surface area contributed by atoms with Crippen LogP contribution in [0.5, 0.6) is 0 Å². The third kappa shape index (κ3) is 4.96. The second kappa shape index (κ2) is 8.18. The highest BCUT2D eigenvalue weighted by Gasteiger charge is 2.14. The fraction of sp³-hybridized carbons (Fsp3) is 0. The summed E-state index contributed by atoms with van der Waals surface area (Å²) in [7, 11) is 0. The molecule has 2 aromatic carbocycles. The number of nitro groups is 1. The van der Waals surface area contributed by atoms with Gasteiger partial charge in [-0.25, -0.2) is 5.84 Å². The number of halogens is 1. The van der Waals surface area contributed by atoms with Gasteiger partial charge in [-0.2, -0.15) is 0 Å². The van der Waals surface area contributed by atoms with Crippen LogP contribution in [0.25, 0.3) is 6.08 Å². The Hall–Kier alpha value is -3.04. The van der Waals surface area contributed by atoms with Gasteiger partial charge < -0.3 is 5.32 Å². The van der Waals surface area contributed by atoms with E-state index in [1.807, 2.05) is 5.43 Å². The minimum absolute atomic E-state index is 0.0825. The van der Waals surface area contributed by atoms with Gasteiger partial charge in [0.05, 0.1) is 4.92 Å². The molecule has 25 heavy (non-hydrogen) atoms. The van der Waals surface area contributed by atoms with Crippen LogP contribution in [0.15, 0.2) is 58.7 Å². The summed E-state index contributed by atoms with van der Waals surface area (Å²) in [6.07, 6.45) is 1.36. The Labute approximate surface area is 151 Å². The molecule has 0 bridgehead atoms. The van der Waals surface area contributed by atoms with Gasteiger partial charge >= 0.3 is 0 Å². The third-order valence-corrected chi connectivity index (χ3v) is 3.67. The molecule has 0 heterocycles. The lowest BCUT2D eigenvalue weighted by molar-refractivity contribution is -0.384. The van der Waals surface area contributed by atoms with E-state index in [1.165, 1.54) is 30.3 Å². The van der Waals surface area contributed by atoms with Gasteiger partial charge in [0.25, 0.3) is 17.5 Å². The molecule has 2 rings (SSSR count). The van der Waals surface area contributed by atoms with Gasteiger partial charge in [-0.1, -0.05) is 15.9 Å². The van der Waals surface area contributed by atoms with Crippen LogP contribution in [0, 0.1) is 10.1 Å². The van der Waals surface area contributed by atoms with E-state index in [0.717, 1.165) is 4.47 Å². The maximum absolute atomic E-state index is 12.2. The molecule has 2 aromatic rings. The number of hydrazine groups is 1. The molecule has 0 atom stereocenters. The lowest BCUT2D eigenvalue weighted by Crippen LogP contribution is -2.38. The molecule has 2 amide bonds. The SMILES string of the molecule is NNC(=O)/C(=C\c1ccc([N+](=O)[O-])cc1)NC(=O)c1ccc(Br)cc1. The van der Waals surface area contributed by atoms with Gasteiger partial charge in [0.1, 0.15) is 5.70 Å². The molecule has 0 fully saturated rings. The first-order valence-electron chi connectivity index (χ1n) is 6.94. The first-order valence-corrected chi connectivity index (χ1v) is 7.74. The lowest BCUT2D eigenvalue weighted by atomic mass is 10.1. The quantitative estimate of drug-likeness (QED) is 0.231. The summed E-state index contributed by atoms with van der Waals surface area (Å²) in [5.41, 5.74) is 2.60. The standard InChI is InChI=1S/C16H13BrN4O4/c17-12-5-3-11(4-6-12)15(22)19-14(16(23)20-18)9-10-1-7-13(8-2-10)21(24)25/h1-9H,18H2,(H,19,22)(H,20,23)/b14-9+. The number of nitrogens with zero attached hydrogens (tertiary/aromatic N) is 1. The second-order valence-electron chi connectivity index (χ2n) is 4.84. The molecule has 0 saturated carbocycles. The second-order valence-corrected chi connectivity index (χ2v) is 5.76. The van der Waals surface area contributed by atoms with Crippen molar-refractivity contribution in [3.63, 3.8) is 0 Å². The van der Waals surface area contributed by atoms with E-state index in [1.54, 1.807) is 24.3 Å². The van der Waals surface area contributed by atoms with Crippen LogP contribution in [-0.4, -0.2) is 16.7 Å². The molecule has 8 nitrogen and oxygen atoms in total. The largest absolute Gasteiger partial charge is 0.317 e. The highest BCUT2D eigenvalue weighted by Crippen LogP contribution is 2.15. The number of hydrogen-bond donors (Lipinski definition) is 3. The first-order chi connectivity index (χ1) is 11.9. The van der Waals surface area contributed by atoms with E-state index >= 15 is 0 Å². The first kappa shape index (κ1) is 18.3. The molecule has 0 aliphatic heterocycles. The Kier molecular flexibility index (Phi) is 5.98. The number of benzene rings is 2. The number of nitro benzene ring substituents is 1. The molecule has 0 radical (unpaired) electrons. The van der Waals surface area contributed by atoms with Crippen molar-refractivity contribution in [1.29, 1.82) is 0 Å². The van der Waals surface area contributed by atoms with Crippen LogP contribution in [0.3, 0.4) is 0 Å². The summed E-state index contributed by atoms with van der Waals surface area (Å²) < 4.78 is 0.811. The zero-order chi connectivity index (χ0) is 18.4. The van der Waals surface area contributed by atoms with E-state index in [0.29, 0.717) is 11.1 Å². The topological polar surface area (TPSA) is 127 Å². The number of carbonyl (C=O) groups is 2. The molecule has 0 aliphatic rings. The molecular weight excluding hydrogens is 392 g/mol. The monoisotopic (exact) mass is 404 g/mol. The molecule has 0 aromatic heterocycles. The van der Waals surface area contributed by atoms with Crippen molar-refractivity contribution in [2.45, 2.75) is 0 Å². The van der Waals surface area contributed by atoms with Gasteiger partial charge in [0.15, 0.2) is 0 Å². The Morgan fingerprint density at radius 1 is 1.08 bits per heavy atom. The number of rotatable bonds is 5. The van der Waals surface area contributed by atoms with E-state index in [9.17, 15) is 19.7 Å². The number of non-ortho nitro benzene ring substituents is 1. The third-order valence-electron chi connectivity index (χ3n) is 3.15. The maximum atomic E-state index is 12.2. The average Bonchev–Trinajstić information content (AvgIpc) is 2.61. The van der Waals surface area contributed by atoms with Gasteiger partial charge in [-0.15, -0.1) is 0 Å². The maximum Gasteiger partial charge on any atom is 0.281 e. The van der Waals surface area contributed by atoms with Crippen LogP contribution in [-0.2, 0) is 4.79 Å². The van der Waals surface area contributed by atoms with Crippen LogP contribution in [0.4, 0.5) is 5.69 Å². The summed E-state index contributed by atoms with van der Waals surface area (Å²) in [5.74, 6) is 3.94. The zero-order valence-electron chi connectivity index (χ0n) is 12.7. The number of nitrogens with two attached hydrogens (primary N) is 1. The van der Waals surface area contributed by atoms with Gasteiger partial charge in [0, 0.05) is 22.2 Å². The predicted octanol–water partition coefficient (Wildman–Crippen LogP) is 2.12. The fourth-order valence-corrected chi connectivity index (χ4v) is 2.16. The summed E-state index contributed by atoms with van der Waals surface area (Å²) in [5, 5.41) is 13.1. The van der Waals surface area contributed by atoms with Crippen LogP contribution in [0.2, 0.25) is 0 Å². The predicted molar refractivity (Wildman–Crippen MR) is 95.0 cm³/mol. The van der Waals surface area contributed by atoms with Crippen molar-refractivity contribution < 1.29 is 14.5 Å². The molecule has 9 heteroatoms. The number of carbonyl (C=O) groups excluding carboxylic acids is 2. The fourth-order valence-electron chi connectivity index (χ4n) is 1.89. The minimum Gasteiger partial charge on any atom is -0.317 e. The van der Waals surface area contributed by atoms with Crippen LogP contribution in [0.1, 0.15) is 15.9 Å². The van der Waals surface area contributed by atoms with Crippen molar-refractivity contribution >= 4 is 39.5 Å². The Morgan fingerprint density at radius 2 is 1.68 bits per heavy atom. The molecule has 0 spiro atoms. The van der Waals surface area contributed by atoms with Crippen molar-refractivity contribution in [2.24, 2.45) is 5.84 Å². The smallest absolute Gasteiger partial charge is 0.281 e. The Morgan fingerprint density at radius 3 is 2.20 bits per heavy atom. The van der Waals surface area contributed by atoms with Gasteiger partial charge in [0.2, 0.25) is 0 Å². The molecule has 4 N–H and O–H groups in total. The molecule has 0 unspecified atom stereocenters. The average molecular weight is 405 g/mol. The molecular formula is C16H13BrN4O4. The summed E-state index contributed by atoms with van der Waals surface area (Å²) >= 11 is 3.27. The highest BCUT2D eigenvalue weighted by atomic mass is 79.9. The molecule has 0 aliphatic carbocycles. The number of hydrogen-bond acceptors (Lipinski definition) is 5. The van der Waals surface area contributed by atoms with Crippen LogP contribution < -0.4 is 16.6 Å². The zero-order valence-corrected chi connectivity index (χ0v) is 14.3. The molecule has 128 valence electrons. The van der Waals surface area contributed by atoms with E-state index in [-0.39, 0.29) is 11.4 Å². The van der Waals surface area contributed by atoms with Crippen LogP contribution >= 0.6 is 15.9 Å². The minimum atomic E-state index is -0.705. The lowest BCUT2D eigenvalue weighted by Gasteiger charge is -2.09. The van der Waals surface area contributed by atoms with Crippen molar-refractivity contribution in [3.05, 3.63) is 79.9 Å². The highest BCUT2D eigenvalue weighted by molar-refractivity contribution is 9.10. The number of amides is 2. The summed E-state index contributed by atoms with van der Waals surface area (Å²) in [6.45, 7) is 0. The van der Waals surface area contributed by atoms with Gasteiger partial charge in [-0.05, 0) is 48.0 Å². The van der Waals surface area contributed by atoms with E-state index in [2.05, 4.69) is 21.2 Å². The molecule has 0 saturated heterocycles.